The molecule has 2 rings (SSSR count). The van der Waals surface area contributed by atoms with Crippen molar-refractivity contribution in [2.75, 3.05) is 7.05 Å². The molecule has 0 amide bonds. The summed E-state index contributed by atoms with van der Waals surface area (Å²) in [6.45, 7) is 4.12. The Balaban J connectivity index is 2.29. The number of hydrogen-bond acceptors (Lipinski definition) is 3. The minimum Gasteiger partial charge on any atom is -0.313 e. The molecule has 4 nitrogen and oxygen atoms in total. The fourth-order valence-corrected chi connectivity index (χ4v) is 2.71. The molecule has 1 aromatic carbocycles. The maximum atomic E-state index is 13.4. The van der Waals surface area contributed by atoms with E-state index in [1.165, 1.54) is 6.07 Å². The third kappa shape index (κ3) is 3.24. The summed E-state index contributed by atoms with van der Waals surface area (Å²) >= 11 is 3.47. The van der Waals surface area contributed by atoms with Crippen LogP contribution in [0.1, 0.15) is 37.3 Å². The summed E-state index contributed by atoms with van der Waals surface area (Å²) in [5.74, 6) is 0.643. The van der Waals surface area contributed by atoms with Crippen molar-refractivity contribution >= 4 is 15.9 Å². The molecule has 0 saturated heterocycles. The molecule has 1 atom stereocenters. The van der Waals surface area contributed by atoms with Crippen molar-refractivity contribution in [3.05, 3.63) is 46.2 Å². The van der Waals surface area contributed by atoms with Gasteiger partial charge in [0.2, 0.25) is 0 Å². The summed E-state index contributed by atoms with van der Waals surface area (Å²) in [6, 6.07) is 4.93. The van der Waals surface area contributed by atoms with Gasteiger partial charge < -0.3 is 5.32 Å². The molecule has 0 fully saturated rings. The highest BCUT2D eigenvalue weighted by atomic mass is 79.9. The molecule has 1 heterocycles. The van der Waals surface area contributed by atoms with E-state index >= 15 is 0 Å². The SMILES string of the molecule is CNC(Cc1ncnn1C(C)C)c1cc(F)ccc1Br. The molecule has 108 valence electrons. The van der Waals surface area contributed by atoms with E-state index < -0.39 is 0 Å². The highest BCUT2D eigenvalue weighted by Crippen LogP contribution is 2.26. The van der Waals surface area contributed by atoms with Gasteiger partial charge in [-0.1, -0.05) is 15.9 Å². The molecule has 0 aliphatic carbocycles. The Hall–Kier alpha value is -1.27. The lowest BCUT2D eigenvalue weighted by Gasteiger charge is -2.19. The molecule has 1 N–H and O–H groups in total. The Kier molecular flexibility index (Phi) is 4.88. The minimum absolute atomic E-state index is 0.0261. The fourth-order valence-electron chi connectivity index (χ4n) is 2.18. The van der Waals surface area contributed by atoms with Crippen LogP contribution >= 0.6 is 15.9 Å². The van der Waals surface area contributed by atoms with Gasteiger partial charge in [0.25, 0.3) is 0 Å². The summed E-state index contributed by atoms with van der Waals surface area (Å²) < 4.78 is 16.2. The zero-order valence-electron chi connectivity index (χ0n) is 11.8. The Bertz CT molecular complexity index is 582. The molecule has 1 unspecified atom stereocenters. The first kappa shape index (κ1) is 15.1. The van der Waals surface area contributed by atoms with Crippen molar-refractivity contribution in [2.45, 2.75) is 32.4 Å². The first-order chi connectivity index (χ1) is 9.52. The summed E-state index contributed by atoms with van der Waals surface area (Å²) in [7, 11) is 1.86. The zero-order valence-corrected chi connectivity index (χ0v) is 13.4. The zero-order chi connectivity index (χ0) is 14.7. The van der Waals surface area contributed by atoms with E-state index in [0.29, 0.717) is 6.42 Å². The van der Waals surface area contributed by atoms with Crippen LogP contribution in [-0.4, -0.2) is 21.8 Å². The molecule has 2 aromatic rings. The van der Waals surface area contributed by atoms with Gasteiger partial charge in [-0.15, -0.1) is 0 Å². The average molecular weight is 341 g/mol. The van der Waals surface area contributed by atoms with E-state index in [-0.39, 0.29) is 17.9 Å². The summed E-state index contributed by atoms with van der Waals surface area (Å²) in [4.78, 5) is 4.31. The van der Waals surface area contributed by atoms with Crippen LogP contribution in [-0.2, 0) is 6.42 Å². The molecular formula is C14H18BrFN4. The van der Waals surface area contributed by atoms with Crippen LogP contribution in [0, 0.1) is 5.82 Å². The average Bonchev–Trinajstić information content (AvgIpc) is 2.87. The highest BCUT2D eigenvalue weighted by Gasteiger charge is 2.18. The number of benzene rings is 1. The Morgan fingerprint density at radius 2 is 2.15 bits per heavy atom. The number of hydrogen-bond donors (Lipinski definition) is 1. The second kappa shape index (κ2) is 6.45. The van der Waals surface area contributed by atoms with Gasteiger partial charge >= 0.3 is 0 Å². The number of rotatable bonds is 5. The molecule has 0 radical (unpaired) electrons. The van der Waals surface area contributed by atoms with Crippen LogP contribution in [0.15, 0.2) is 29.0 Å². The van der Waals surface area contributed by atoms with E-state index in [1.54, 1.807) is 18.5 Å². The normalized spacial score (nSPS) is 12.9. The maximum Gasteiger partial charge on any atom is 0.138 e. The standard InChI is InChI=1S/C14H18BrFN4/c1-9(2)20-14(18-8-19-20)7-13(17-3)11-6-10(16)4-5-12(11)15/h4-6,8-9,13,17H,7H2,1-3H3. The van der Waals surface area contributed by atoms with Gasteiger partial charge in [-0.2, -0.15) is 5.10 Å². The van der Waals surface area contributed by atoms with Gasteiger partial charge in [-0.3, -0.25) is 0 Å². The van der Waals surface area contributed by atoms with Gasteiger partial charge in [0.1, 0.15) is 18.0 Å². The van der Waals surface area contributed by atoms with Gasteiger partial charge in [-0.05, 0) is 44.7 Å². The van der Waals surface area contributed by atoms with Crippen molar-refractivity contribution in [1.82, 2.24) is 20.1 Å². The molecule has 0 aliphatic heterocycles. The van der Waals surface area contributed by atoms with E-state index in [1.807, 2.05) is 11.7 Å². The van der Waals surface area contributed by atoms with Gasteiger partial charge in [-0.25, -0.2) is 14.1 Å². The summed E-state index contributed by atoms with van der Waals surface area (Å²) in [5.41, 5.74) is 0.880. The number of aromatic nitrogens is 3. The summed E-state index contributed by atoms with van der Waals surface area (Å²) in [6.07, 6.45) is 2.21. The highest BCUT2D eigenvalue weighted by molar-refractivity contribution is 9.10. The maximum absolute atomic E-state index is 13.4. The third-order valence-corrected chi connectivity index (χ3v) is 3.93. The predicted octanol–water partition coefficient (Wildman–Crippen LogP) is 3.26. The van der Waals surface area contributed by atoms with E-state index in [9.17, 15) is 4.39 Å². The largest absolute Gasteiger partial charge is 0.313 e. The first-order valence-corrected chi connectivity index (χ1v) is 7.32. The molecular weight excluding hydrogens is 323 g/mol. The minimum atomic E-state index is -0.242. The molecule has 0 bridgehead atoms. The van der Waals surface area contributed by atoms with E-state index in [2.05, 4.69) is 45.2 Å². The van der Waals surface area contributed by atoms with E-state index in [4.69, 9.17) is 0 Å². The quantitative estimate of drug-likeness (QED) is 0.908. The van der Waals surface area contributed by atoms with Crippen molar-refractivity contribution < 1.29 is 4.39 Å². The second-order valence-corrected chi connectivity index (χ2v) is 5.78. The summed E-state index contributed by atoms with van der Waals surface area (Å²) in [5, 5.41) is 7.44. The molecule has 1 aromatic heterocycles. The Morgan fingerprint density at radius 3 is 2.80 bits per heavy atom. The fraction of sp³-hybridized carbons (Fsp3) is 0.429. The topological polar surface area (TPSA) is 42.7 Å². The van der Waals surface area contributed by atoms with Crippen LogP contribution in [0.2, 0.25) is 0 Å². The molecule has 20 heavy (non-hydrogen) atoms. The van der Waals surface area contributed by atoms with Crippen molar-refractivity contribution in [1.29, 1.82) is 0 Å². The lowest BCUT2D eigenvalue weighted by atomic mass is 10.0. The lowest BCUT2D eigenvalue weighted by molar-refractivity contribution is 0.476. The van der Waals surface area contributed by atoms with Crippen LogP contribution < -0.4 is 5.32 Å². The van der Waals surface area contributed by atoms with Crippen molar-refractivity contribution in [3.63, 3.8) is 0 Å². The number of halogens is 2. The number of likely N-dealkylation sites (N-methyl/N-ethyl adjacent to an activating group) is 1. The van der Waals surface area contributed by atoms with Gasteiger partial charge in [0, 0.05) is 23.0 Å². The van der Waals surface area contributed by atoms with Crippen molar-refractivity contribution in [2.24, 2.45) is 0 Å². The number of nitrogens with zero attached hydrogens (tertiary/aromatic N) is 3. The monoisotopic (exact) mass is 340 g/mol. The third-order valence-electron chi connectivity index (χ3n) is 3.21. The smallest absolute Gasteiger partial charge is 0.138 e. The molecule has 6 heteroatoms. The lowest BCUT2D eigenvalue weighted by Crippen LogP contribution is -2.22. The Morgan fingerprint density at radius 1 is 1.40 bits per heavy atom. The Labute approximate surface area is 126 Å². The van der Waals surface area contributed by atoms with Gasteiger partial charge in [0.05, 0.1) is 0 Å². The first-order valence-electron chi connectivity index (χ1n) is 6.53. The molecule has 0 saturated carbocycles. The van der Waals surface area contributed by atoms with Crippen LogP contribution in [0.25, 0.3) is 0 Å². The van der Waals surface area contributed by atoms with E-state index in [0.717, 1.165) is 15.9 Å². The van der Waals surface area contributed by atoms with Crippen LogP contribution in [0.3, 0.4) is 0 Å². The van der Waals surface area contributed by atoms with Gasteiger partial charge in [0.15, 0.2) is 0 Å². The number of nitrogens with one attached hydrogen (secondary N) is 1. The van der Waals surface area contributed by atoms with Crippen LogP contribution in [0.5, 0.6) is 0 Å². The molecule has 0 spiro atoms. The molecule has 0 aliphatic rings. The van der Waals surface area contributed by atoms with Crippen LogP contribution in [0.4, 0.5) is 4.39 Å². The predicted molar refractivity (Wildman–Crippen MR) is 80.0 cm³/mol. The van der Waals surface area contributed by atoms with Crippen molar-refractivity contribution in [3.8, 4) is 0 Å². The second-order valence-electron chi connectivity index (χ2n) is 4.93.